The highest BCUT2D eigenvalue weighted by molar-refractivity contribution is 6.01. The molecule has 25 heavy (non-hydrogen) atoms. The van der Waals surface area contributed by atoms with E-state index >= 15 is 0 Å². The van der Waals surface area contributed by atoms with Gasteiger partial charge in [0, 0.05) is 5.41 Å². The van der Waals surface area contributed by atoms with Crippen LogP contribution in [0.2, 0.25) is 0 Å². The number of carbonyl (C=O) groups is 1. The van der Waals surface area contributed by atoms with Gasteiger partial charge in [0.2, 0.25) is 5.91 Å². The number of para-hydroxylation sites is 2. The van der Waals surface area contributed by atoms with Crippen LogP contribution in [0.4, 0.5) is 15.8 Å². The maximum Gasteiger partial charge on any atom is 0.248 e. The zero-order chi connectivity index (χ0) is 18.6. The first-order valence-electron chi connectivity index (χ1n) is 7.72. The molecule has 5 N–H and O–H groups in total. The maximum atomic E-state index is 13.5. The minimum atomic E-state index is -1.06. The van der Waals surface area contributed by atoms with Crippen molar-refractivity contribution in [2.24, 2.45) is 5.41 Å². The highest BCUT2D eigenvalue weighted by Gasteiger charge is 2.27. The van der Waals surface area contributed by atoms with Gasteiger partial charge in [0.1, 0.15) is 0 Å². The number of aromatic hydroxyl groups is 1. The van der Waals surface area contributed by atoms with Crippen molar-refractivity contribution in [3.63, 3.8) is 0 Å². The molecule has 2 rings (SSSR count). The predicted molar refractivity (Wildman–Crippen MR) is 95.4 cm³/mol. The number of hydrogen-bond donors (Lipinski definition) is 4. The topological polar surface area (TPSA) is 95.6 Å². The second kappa shape index (κ2) is 7.36. The Morgan fingerprint density at radius 1 is 1.28 bits per heavy atom. The van der Waals surface area contributed by atoms with Gasteiger partial charge in [0.15, 0.2) is 11.6 Å². The number of nitrogens with two attached hydrogens (primary N) is 1. The van der Waals surface area contributed by atoms with Crippen LogP contribution in [0.3, 0.4) is 0 Å². The molecular weight excluding hydrogens is 323 g/mol. The van der Waals surface area contributed by atoms with Crippen LogP contribution < -0.4 is 11.1 Å². The van der Waals surface area contributed by atoms with E-state index in [0.29, 0.717) is 16.9 Å². The Balaban J connectivity index is 2.10. The average Bonchev–Trinajstić information content (AvgIpc) is 2.57. The number of rotatable bonds is 5. The molecular formula is C19H21FN2O3. The summed E-state index contributed by atoms with van der Waals surface area (Å²) < 4.78 is 13.5. The van der Waals surface area contributed by atoms with E-state index in [9.17, 15) is 19.4 Å². The monoisotopic (exact) mass is 344 g/mol. The van der Waals surface area contributed by atoms with Crippen LogP contribution in [0, 0.1) is 11.2 Å². The van der Waals surface area contributed by atoms with Crippen LogP contribution in [0.25, 0.3) is 0 Å². The molecule has 0 spiro atoms. The highest BCUT2D eigenvalue weighted by Crippen LogP contribution is 2.35. The van der Waals surface area contributed by atoms with Gasteiger partial charge in [0.05, 0.1) is 17.5 Å². The number of anilines is 2. The number of aliphatic hydroxyl groups is 1. The average molecular weight is 344 g/mol. The number of hydrogen-bond acceptors (Lipinski definition) is 4. The Morgan fingerprint density at radius 3 is 2.60 bits per heavy atom. The third kappa shape index (κ3) is 4.58. The van der Waals surface area contributed by atoms with E-state index in [-0.39, 0.29) is 0 Å². The van der Waals surface area contributed by atoms with E-state index in [0.717, 1.165) is 6.07 Å². The molecule has 0 heterocycles. The fourth-order valence-electron chi connectivity index (χ4n) is 2.29. The van der Waals surface area contributed by atoms with E-state index in [4.69, 9.17) is 5.73 Å². The van der Waals surface area contributed by atoms with Crippen LogP contribution in [-0.2, 0) is 4.79 Å². The van der Waals surface area contributed by atoms with Gasteiger partial charge >= 0.3 is 0 Å². The van der Waals surface area contributed by atoms with Crippen LogP contribution >= 0.6 is 0 Å². The van der Waals surface area contributed by atoms with Crippen LogP contribution in [0.1, 0.15) is 25.5 Å². The summed E-state index contributed by atoms with van der Waals surface area (Å²) in [6.45, 7) is 3.42. The van der Waals surface area contributed by atoms with Crippen LogP contribution in [0.15, 0.2) is 54.6 Å². The van der Waals surface area contributed by atoms with Crippen molar-refractivity contribution >= 4 is 17.3 Å². The molecule has 0 aliphatic heterocycles. The fraction of sp³-hybridized carbons (Fsp3) is 0.211. The highest BCUT2D eigenvalue weighted by atomic mass is 19.1. The molecule has 2 aromatic rings. The Hall–Kier alpha value is -2.86. The number of phenolic OH excluding ortho intramolecular Hbond substituents is 1. The zero-order valence-corrected chi connectivity index (χ0v) is 14.0. The molecule has 5 nitrogen and oxygen atoms in total. The molecule has 0 unspecified atom stereocenters. The first-order chi connectivity index (χ1) is 11.7. The predicted octanol–water partition coefficient (Wildman–Crippen LogP) is 3.37. The standard InChI is InChI=1S/C19H21FN2O3/c1-19(2,18(25)12-7-8-16(23)13(20)11-12)10-9-17(24)22-15-6-4-3-5-14(15)21/h3-11,18,23,25H,21H2,1-2H3,(H,22,24)/b10-9+/t18-/m1/s1. The van der Waals surface area contributed by atoms with Crippen molar-refractivity contribution in [1.82, 2.24) is 0 Å². The van der Waals surface area contributed by atoms with Gasteiger partial charge in [0.25, 0.3) is 0 Å². The number of amides is 1. The van der Waals surface area contributed by atoms with Crippen molar-refractivity contribution in [2.75, 3.05) is 11.1 Å². The summed E-state index contributed by atoms with van der Waals surface area (Å²) in [7, 11) is 0. The van der Waals surface area contributed by atoms with Crippen LogP contribution in [-0.4, -0.2) is 16.1 Å². The van der Waals surface area contributed by atoms with Gasteiger partial charge in [-0.1, -0.05) is 38.1 Å². The van der Waals surface area contributed by atoms with E-state index in [1.165, 1.54) is 24.3 Å². The number of halogens is 1. The van der Waals surface area contributed by atoms with Crippen molar-refractivity contribution < 1.29 is 19.4 Å². The van der Waals surface area contributed by atoms with Crippen molar-refractivity contribution in [1.29, 1.82) is 0 Å². The first-order valence-corrected chi connectivity index (χ1v) is 7.72. The van der Waals surface area contributed by atoms with E-state index in [1.54, 1.807) is 38.1 Å². The molecule has 0 saturated carbocycles. The maximum absolute atomic E-state index is 13.5. The Labute approximate surface area is 145 Å². The smallest absolute Gasteiger partial charge is 0.248 e. The van der Waals surface area contributed by atoms with E-state index in [2.05, 4.69) is 5.32 Å². The summed E-state index contributed by atoms with van der Waals surface area (Å²) in [5.74, 6) is -1.69. The first kappa shape index (κ1) is 18.5. The van der Waals surface area contributed by atoms with Gasteiger partial charge in [-0.2, -0.15) is 0 Å². The molecule has 0 aliphatic rings. The summed E-state index contributed by atoms with van der Waals surface area (Å²) in [6, 6.07) is 10.6. The van der Waals surface area contributed by atoms with Crippen molar-refractivity contribution in [3.05, 3.63) is 66.0 Å². The number of nitrogen functional groups attached to an aromatic ring is 1. The molecule has 0 aromatic heterocycles. The molecule has 132 valence electrons. The van der Waals surface area contributed by atoms with Gasteiger partial charge in [-0.05, 0) is 35.9 Å². The molecule has 0 fully saturated rings. The number of nitrogens with one attached hydrogen (secondary N) is 1. The molecule has 0 aliphatic carbocycles. The third-order valence-corrected chi connectivity index (χ3v) is 3.88. The lowest BCUT2D eigenvalue weighted by molar-refractivity contribution is -0.112. The quantitative estimate of drug-likeness (QED) is 0.494. The lowest BCUT2D eigenvalue weighted by Gasteiger charge is -2.27. The van der Waals surface area contributed by atoms with Gasteiger partial charge in [-0.3, -0.25) is 4.79 Å². The molecule has 1 amide bonds. The van der Waals surface area contributed by atoms with E-state index in [1.807, 2.05) is 0 Å². The molecule has 2 aromatic carbocycles. The Bertz CT molecular complexity index is 803. The Kier molecular flexibility index (Phi) is 5.44. The lowest BCUT2D eigenvalue weighted by atomic mass is 9.82. The zero-order valence-electron chi connectivity index (χ0n) is 14.0. The largest absolute Gasteiger partial charge is 0.505 e. The second-order valence-corrected chi connectivity index (χ2v) is 6.34. The SMILES string of the molecule is CC(C)(/C=C/C(=O)Nc1ccccc1N)[C@H](O)c1ccc(O)c(F)c1. The summed E-state index contributed by atoms with van der Waals surface area (Å²) in [5.41, 5.74) is 6.17. The number of benzene rings is 2. The molecule has 6 heteroatoms. The molecule has 0 saturated heterocycles. The second-order valence-electron chi connectivity index (χ2n) is 6.34. The Morgan fingerprint density at radius 2 is 1.96 bits per heavy atom. The minimum Gasteiger partial charge on any atom is -0.505 e. The van der Waals surface area contributed by atoms with Gasteiger partial charge in [-0.25, -0.2) is 4.39 Å². The summed E-state index contributed by atoms with van der Waals surface area (Å²) in [6.07, 6.45) is 1.78. The van der Waals surface area contributed by atoms with Crippen LogP contribution in [0.5, 0.6) is 5.75 Å². The number of aliphatic hydroxyl groups excluding tert-OH is 1. The fourth-order valence-corrected chi connectivity index (χ4v) is 2.29. The lowest BCUT2D eigenvalue weighted by Crippen LogP contribution is -2.21. The van der Waals surface area contributed by atoms with Crippen molar-refractivity contribution in [2.45, 2.75) is 20.0 Å². The van der Waals surface area contributed by atoms with E-state index < -0.39 is 29.0 Å². The van der Waals surface area contributed by atoms with Gasteiger partial charge in [-0.15, -0.1) is 0 Å². The third-order valence-electron chi connectivity index (χ3n) is 3.88. The molecule has 0 bridgehead atoms. The molecule has 1 atom stereocenters. The number of phenols is 1. The summed E-state index contributed by atoms with van der Waals surface area (Å²) in [4.78, 5) is 12.0. The minimum absolute atomic E-state index is 0.303. The van der Waals surface area contributed by atoms with Gasteiger partial charge < -0.3 is 21.3 Å². The summed E-state index contributed by atoms with van der Waals surface area (Å²) in [5, 5.41) is 22.3. The normalized spacial score (nSPS) is 13.0. The van der Waals surface area contributed by atoms with Crippen molar-refractivity contribution in [3.8, 4) is 5.75 Å². The summed E-state index contributed by atoms with van der Waals surface area (Å²) >= 11 is 0. The molecule has 0 radical (unpaired) electrons. The number of carbonyl (C=O) groups excluding carboxylic acids is 1.